The van der Waals surface area contributed by atoms with E-state index in [1.807, 2.05) is 26.0 Å². The molecular weight excluding hydrogens is 340 g/mol. The largest absolute Gasteiger partial charge is 0.337 e. The monoisotopic (exact) mass is 352 g/mol. The zero-order valence-electron chi connectivity index (χ0n) is 13.5. The highest BCUT2D eigenvalue weighted by atomic mass is 35.5. The van der Waals surface area contributed by atoms with E-state index in [4.69, 9.17) is 11.6 Å². The molecule has 0 saturated heterocycles. The SMILES string of the molecule is Cc1cc2nc(/C(C#N)=C\c3cc([N+](=O)[O-])ccc3Cl)[nH]c2cc1C. The van der Waals surface area contributed by atoms with E-state index in [-0.39, 0.29) is 11.3 Å². The van der Waals surface area contributed by atoms with Crippen LogP contribution in [0.2, 0.25) is 5.02 Å². The van der Waals surface area contributed by atoms with Gasteiger partial charge in [-0.2, -0.15) is 5.26 Å². The lowest BCUT2D eigenvalue weighted by atomic mass is 10.1. The predicted octanol–water partition coefficient (Wildman–Crippen LogP) is 4.81. The van der Waals surface area contributed by atoms with Gasteiger partial charge in [-0.3, -0.25) is 10.1 Å². The quantitative estimate of drug-likeness (QED) is 0.415. The summed E-state index contributed by atoms with van der Waals surface area (Å²) in [4.78, 5) is 18.0. The lowest BCUT2D eigenvalue weighted by Crippen LogP contribution is -1.90. The molecule has 0 aliphatic heterocycles. The number of nitro benzene ring substituents is 1. The fraction of sp³-hybridized carbons (Fsp3) is 0.111. The van der Waals surface area contributed by atoms with Gasteiger partial charge in [0.05, 0.1) is 21.5 Å². The topological polar surface area (TPSA) is 95.6 Å². The van der Waals surface area contributed by atoms with Crippen LogP contribution >= 0.6 is 11.6 Å². The summed E-state index contributed by atoms with van der Waals surface area (Å²) in [6.45, 7) is 3.99. The van der Waals surface area contributed by atoms with Crippen LogP contribution in [0.15, 0.2) is 30.3 Å². The van der Waals surface area contributed by atoms with Gasteiger partial charge in [-0.15, -0.1) is 0 Å². The molecule has 0 unspecified atom stereocenters. The van der Waals surface area contributed by atoms with E-state index in [9.17, 15) is 15.4 Å². The number of benzene rings is 2. The molecule has 0 aliphatic carbocycles. The molecule has 1 heterocycles. The molecule has 3 rings (SSSR count). The van der Waals surface area contributed by atoms with E-state index in [2.05, 4.69) is 16.0 Å². The lowest BCUT2D eigenvalue weighted by Gasteiger charge is -2.00. The maximum absolute atomic E-state index is 10.9. The number of nitrogens with one attached hydrogen (secondary N) is 1. The fourth-order valence-electron chi connectivity index (χ4n) is 2.46. The van der Waals surface area contributed by atoms with Crippen molar-refractivity contribution >= 4 is 40.0 Å². The molecule has 1 aromatic heterocycles. The first-order chi connectivity index (χ1) is 11.9. The second-order valence-corrected chi connectivity index (χ2v) is 6.08. The molecule has 0 atom stereocenters. The Bertz CT molecular complexity index is 1040. The van der Waals surface area contributed by atoms with Crippen LogP contribution in [0.25, 0.3) is 22.7 Å². The van der Waals surface area contributed by atoms with Crippen LogP contribution in [0.5, 0.6) is 0 Å². The molecule has 2 aromatic carbocycles. The van der Waals surface area contributed by atoms with Crippen LogP contribution in [-0.2, 0) is 0 Å². The number of aromatic nitrogens is 2. The number of imidazole rings is 1. The molecule has 1 N–H and O–H groups in total. The molecule has 0 amide bonds. The molecule has 0 spiro atoms. The summed E-state index contributed by atoms with van der Waals surface area (Å²) in [5.41, 5.74) is 4.34. The standard InChI is InChI=1S/C18H13ClN4O2/c1-10-5-16-17(6-11(10)2)22-18(21-16)13(9-20)7-12-8-14(23(24)25)3-4-15(12)19/h3-8H,1-2H3,(H,21,22)/b13-7-. The number of hydrogen-bond donors (Lipinski definition) is 1. The van der Waals surface area contributed by atoms with E-state index in [0.717, 1.165) is 22.2 Å². The van der Waals surface area contributed by atoms with Crippen LogP contribution in [0.1, 0.15) is 22.5 Å². The van der Waals surface area contributed by atoms with Gasteiger partial charge in [0.25, 0.3) is 5.69 Å². The number of rotatable bonds is 3. The number of hydrogen-bond acceptors (Lipinski definition) is 4. The lowest BCUT2D eigenvalue weighted by molar-refractivity contribution is -0.384. The number of aromatic amines is 1. The Morgan fingerprint density at radius 1 is 1.32 bits per heavy atom. The molecular formula is C18H13ClN4O2. The molecule has 0 radical (unpaired) electrons. The summed E-state index contributed by atoms with van der Waals surface area (Å²) in [6, 6.07) is 10.1. The van der Waals surface area contributed by atoms with Crippen molar-refractivity contribution in [3.8, 4) is 6.07 Å². The summed E-state index contributed by atoms with van der Waals surface area (Å²) in [5, 5.41) is 20.7. The number of nitriles is 1. The first-order valence-corrected chi connectivity index (χ1v) is 7.80. The minimum absolute atomic E-state index is 0.0937. The second kappa shape index (κ2) is 6.38. The molecule has 0 saturated carbocycles. The van der Waals surface area contributed by atoms with E-state index >= 15 is 0 Å². The Labute approximate surface area is 148 Å². The van der Waals surface area contributed by atoms with E-state index in [1.165, 1.54) is 24.3 Å². The summed E-state index contributed by atoms with van der Waals surface area (Å²) >= 11 is 6.10. The summed E-state index contributed by atoms with van der Waals surface area (Å²) < 4.78 is 0. The first-order valence-electron chi connectivity index (χ1n) is 7.42. The number of non-ortho nitro benzene ring substituents is 1. The van der Waals surface area contributed by atoms with Crippen LogP contribution in [0.4, 0.5) is 5.69 Å². The van der Waals surface area contributed by atoms with Crippen molar-refractivity contribution < 1.29 is 4.92 Å². The molecule has 0 bridgehead atoms. The average Bonchev–Trinajstić information content (AvgIpc) is 2.96. The molecule has 0 fully saturated rings. The number of H-pyrrole nitrogens is 1. The van der Waals surface area contributed by atoms with Gasteiger partial charge in [-0.25, -0.2) is 4.98 Å². The van der Waals surface area contributed by atoms with Crippen molar-refractivity contribution in [1.82, 2.24) is 9.97 Å². The Hall–Kier alpha value is -3.17. The fourth-order valence-corrected chi connectivity index (χ4v) is 2.63. The third kappa shape index (κ3) is 3.23. The Balaban J connectivity index is 2.12. The van der Waals surface area contributed by atoms with Gasteiger partial charge in [-0.1, -0.05) is 11.6 Å². The Kier molecular flexibility index (Phi) is 4.26. The third-order valence-corrected chi connectivity index (χ3v) is 4.31. The van der Waals surface area contributed by atoms with Crippen LogP contribution < -0.4 is 0 Å². The molecule has 0 aliphatic rings. The number of allylic oxidation sites excluding steroid dienone is 1. The number of aryl methyl sites for hydroxylation is 2. The summed E-state index contributed by atoms with van der Waals surface area (Å²) in [6.07, 6.45) is 1.49. The van der Waals surface area contributed by atoms with Crippen molar-refractivity contribution in [3.63, 3.8) is 0 Å². The molecule has 7 heteroatoms. The van der Waals surface area contributed by atoms with Crippen molar-refractivity contribution in [1.29, 1.82) is 5.26 Å². The number of nitro groups is 1. The maximum atomic E-state index is 10.9. The molecule has 6 nitrogen and oxygen atoms in total. The van der Waals surface area contributed by atoms with Crippen molar-refractivity contribution in [2.24, 2.45) is 0 Å². The average molecular weight is 353 g/mol. The minimum Gasteiger partial charge on any atom is -0.337 e. The van der Waals surface area contributed by atoms with E-state index in [0.29, 0.717) is 16.4 Å². The zero-order chi connectivity index (χ0) is 18.1. The van der Waals surface area contributed by atoms with Gasteiger partial charge in [0, 0.05) is 22.7 Å². The van der Waals surface area contributed by atoms with Crippen LogP contribution in [0, 0.1) is 35.3 Å². The predicted molar refractivity (Wildman–Crippen MR) is 97.2 cm³/mol. The summed E-state index contributed by atoms with van der Waals surface area (Å²) in [7, 11) is 0. The van der Waals surface area contributed by atoms with E-state index < -0.39 is 4.92 Å². The zero-order valence-corrected chi connectivity index (χ0v) is 14.3. The summed E-state index contributed by atoms with van der Waals surface area (Å²) in [5.74, 6) is 0.394. The van der Waals surface area contributed by atoms with E-state index in [1.54, 1.807) is 0 Å². The van der Waals surface area contributed by atoms with Gasteiger partial charge in [0.15, 0.2) is 0 Å². The Morgan fingerprint density at radius 3 is 2.72 bits per heavy atom. The smallest absolute Gasteiger partial charge is 0.270 e. The van der Waals surface area contributed by atoms with Gasteiger partial charge in [-0.05, 0) is 49.2 Å². The highest BCUT2D eigenvalue weighted by Gasteiger charge is 2.12. The maximum Gasteiger partial charge on any atom is 0.270 e. The van der Waals surface area contributed by atoms with Gasteiger partial charge < -0.3 is 4.98 Å². The van der Waals surface area contributed by atoms with Gasteiger partial charge in [0.2, 0.25) is 0 Å². The normalized spacial score (nSPS) is 11.5. The third-order valence-electron chi connectivity index (χ3n) is 3.96. The highest BCUT2D eigenvalue weighted by Crippen LogP contribution is 2.27. The molecule has 25 heavy (non-hydrogen) atoms. The van der Waals surface area contributed by atoms with Crippen molar-refractivity contribution in [3.05, 3.63) is 68.0 Å². The van der Waals surface area contributed by atoms with Crippen LogP contribution in [-0.4, -0.2) is 14.9 Å². The van der Waals surface area contributed by atoms with Gasteiger partial charge in [0.1, 0.15) is 11.9 Å². The van der Waals surface area contributed by atoms with Crippen molar-refractivity contribution in [2.75, 3.05) is 0 Å². The second-order valence-electron chi connectivity index (χ2n) is 5.67. The Morgan fingerprint density at radius 2 is 2.04 bits per heavy atom. The first kappa shape index (κ1) is 16.7. The van der Waals surface area contributed by atoms with Crippen molar-refractivity contribution in [2.45, 2.75) is 13.8 Å². The minimum atomic E-state index is -0.507. The number of halogens is 1. The number of nitrogens with zero attached hydrogens (tertiary/aromatic N) is 3. The highest BCUT2D eigenvalue weighted by molar-refractivity contribution is 6.32. The number of fused-ring (bicyclic) bond motifs is 1. The van der Waals surface area contributed by atoms with Gasteiger partial charge >= 0.3 is 0 Å². The van der Waals surface area contributed by atoms with Crippen LogP contribution in [0.3, 0.4) is 0 Å². The molecule has 3 aromatic rings. The molecule has 124 valence electrons.